The Morgan fingerprint density at radius 2 is 2.10 bits per heavy atom. The zero-order chi connectivity index (χ0) is 14.5. The van der Waals surface area contributed by atoms with Crippen LogP contribution in [0.25, 0.3) is 0 Å². The first-order chi connectivity index (χ1) is 9.56. The monoisotopic (exact) mass is 308 g/mol. The molecule has 1 aromatic carbocycles. The molecule has 0 radical (unpaired) electrons. The Balaban J connectivity index is 1.92. The summed E-state index contributed by atoms with van der Waals surface area (Å²) >= 11 is 11.9. The molecule has 1 aromatic heterocycles. The SMILES string of the molecule is Cc1cc(Cl)c(C(=O)NCCc2cccc(Cl)c2)cn1. The van der Waals surface area contributed by atoms with Crippen LogP contribution in [0.15, 0.2) is 36.5 Å². The molecule has 0 unspecified atom stereocenters. The van der Waals surface area contributed by atoms with Crippen molar-refractivity contribution < 1.29 is 4.79 Å². The minimum Gasteiger partial charge on any atom is -0.352 e. The lowest BCUT2D eigenvalue weighted by molar-refractivity contribution is 0.0954. The first kappa shape index (κ1) is 14.8. The number of carbonyl (C=O) groups is 1. The normalized spacial score (nSPS) is 10.3. The largest absolute Gasteiger partial charge is 0.352 e. The summed E-state index contributed by atoms with van der Waals surface area (Å²) in [5, 5.41) is 3.93. The Morgan fingerprint density at radius 3 is 2.80 bits per heavy atom. The summed E-state index contributed by atoms with van der Waals surface area (Å²) in [5.41, 5.74) is 2.25. The summed E-state index contributed by atoms with van der Waals surface area (Å²) in [6.45, 7) is 2.34. The Hall–Kier alpha value is -1.58. The summed E-state index contributed by atoms with van der Waals surface area (Å²) in [7, 11) is 0. The molecule has 20 heavy (non-hydrogen) atoms. The van der Waals surface area contributed by atoms with Crippen LogP contribution in [0, 0.1) is 6.92 Å². The average Bonchev–Trinajstić information content (AvgIpc) is 2.38. The maximum Gasteiger partial charge on any atom is 0.254 e. The van der Waals surface area contributed by atoms with Gasteiger partial charge in [0.15, 0.2) is 0 Å². The van der Waals surface area contributed by atoms with Gasteiger partial charge in [-0.3, -0.25) is 9.78 Å². The van der Waals surface area contributed by atoms with Crippen LogP contribution in [0.5, 0.6) is 0 Å². The number of amides is 1. The molecule has 0 atom stereocenters. The number of pyridine rings is 1. The molecule has 1 amide bonds. The van der Waals surface area contributed by atoms with E-state index in [0.29, 0.717) is 28.6 Å². The van der Waals surface area contributed by atoms with Crippen molar-refractivity contribution in [2.45, 2.75) is 13.3 Å². The fourth-order valence-electron chi connectivity index (χ4n) is 1.80. The summed E-state index contributed by atoms with van der Waals surface area (Å²) in [6, 6.07) is 9.24. The number of halogens is 2. The smallest absolute Gasteiger partial charge is 0.254 e. The number of hydrogen-bond acceptors (Lipinski definition) is 2. The molecule has 0 fully saturated rings. The number of hydrogen-bond donors (Lipinski definition) is 1. The van der Waals surface area contributed by atoms with Crippen LogP contribution in [-0.4, -0.2) is 17.4 Å². The van der Waals surface area contributed by atoms with Crippen molar-refractivity contribution in [1.82, 2.24) is 10.3 Å². The topological polar surface area (TPSA) is 42.0 Å². The van der Waals surface area contributed by atoms with Gasteiger partial charge < -0.3 is 5.32 Å². The van der Waals surface area contributed by atoms with Gasteiger partial charge >= 0.3 is 0 Å². The first-order valence-electron chi connectivity index (χ1n) is 6.21. The van der Waals surface area contributed by atoms with Crippen molar-refractivity contribution in [2.24, 2.45) is 0 Å². The van der Waals surface area contributed by atoms with E-state index in [1.165, 1.54) is 6.20 Å². The number of aryl methyl sites for hydroxylation is 1. The number of nitrogens with zero attached hydrogens (tertiary/aromatic N) is 1. The molecule has 1 N–H and O–H groups in total. The van der Waals surface area contributed by atoms with Crippen LogP contribution in [0.2, 0.25) is 10.0 Å². The molecular weight excluding hydrogens is 295 g/mol. The highest BCUT2D eigenvalue weighted by Gasteiger charge is 2.10. The zero-order valence-corrected chi connectivity index (χ0v) is 12.5. The van der Waals surface area contributed by atoms with E-state index in [9.17, 15) is 4.79 Å². The molecular formula is C15H14Cl2N2O. The molecule has 5 heteroatoms. The van der Waals surface area contributed by atoms with Crippen LogP contribution in [0.3, 0.4) is 0 Å². The third kappa shape index (κ3) is 3.95. The first-order valence-corrected chi connectivity index (χ1v) is 6.96. The van der Waals surface area contributed by atoms with Crippen LogP contribution in [0.4, 0.5) is 0 Å². The van der Waals surface area contributed by atoms with E-state index in [-0.39, 0.29) is 5.91 Å². The number of nitrogens with one attached hydrogen (secondary N) is 1. The maximum atomic E-state index is 12.0. The second kappa shape index (κ2) is 6.73. The second-order valence-corrected chi connectivity index (χ2v) is 5.28. The maximum absolute atomic E-state index is 12.0. The van der Waals surface area contributed by atoms with Crippen LogP contribution < -0.4 is 5.32 Å². The lowest BCUT2D eigenvalue weighted by atomic mass is 10.1. The Bertz CT molecular complexity index is 629. The van der Waals surface area contributed by atoms with E-state index in [0.717, 1.165) is 11.3 Å². The predicted octanol–water partition coefficient (Wildman–Crippen LogP) is 3.67. The Kier molecular flexibility index (Phi) is 4.99. The van der Waals surface area contributed by atoms with Gasteiger partial charge in [0.1, 0.15) is 0 Å². The third-order valence-corrected chi connectivity index (χ3v) is 3.37. The highest BCUT2D eigenvalue weighted by molar-refractivity contribution is 6.33. The minimum absolute atomic E-state index is 0.218. The zero-order valence-electron chi connectivity index (χ0n) is 11.0. The molecule has 0 bridgehead atoms. The molecule has 3 nitrogen and oxygen atoms in total. The lowest BCUT2D eigenvalue weighted by Crippen LogP contribution is -2.26. The van der Waals surface area contributed by atoms with Crippen molar-refractivity contribution in [3.63, 3.8) is 0 Å². The number of rotatable bonds is 4. The van der Waals surface area contributed by atoms with E-state index >= 15 is 0 Å². The van der Waals surface area contributed by atoms with E-state index in [4.69, 9.17) is 23.2 Å². The van der Waals surface area contributed by atoms with E-state index < -0.39 is 0 Å². The Morgan fingerprint density at radius 1 is 1.30 bits per heavy atom. The molecule has 0 saturated carbocycles. The summed E-state index contributed by atoms with van der Waals surface area (Å²) in [5.74, 6) is -0.218. The van der Waals surface area contributed by atoms with Crippen molar-refractivity contribution >= 4 is 29.1 Å². The number of carbonyl (C=O) groups excluding carboxylic acids is 1. The van der Waals surface area contributed by atoms with Gasteiger partial charge in [-0.2, -0.15) is 0 Å². The minimum atomic E-state index is -0.218. The molecule has 0 aliphatic rings. The van der Waals surface area contributed by atoms with E-state index in [1.54, 1.807) is 6.07 Å². The molecule has 0 aliphatic carbocycles. The third-order valence-electron chi connectivity index (χ3n) is 2.82. The average molecular weight is 309 g/mol. The summed E-state index contributed by atoms with van der Waals surface area (Å²) < 4.78 is 0. The van der Waals surface area contributed by atoms with Crippen LogP contribution in [-0.2, 0) is 6.42 Å². The molecule has 0 saturated heterocycles. The van der Waals surface area contributed by atoms with Crippen LogP contribution >= 0.6 is 23.2 Å². The molecule has 0 spiro atoms. The van der Waals surface area contributed by atoms with Crippen molar-refractivity contribution in [3.8, 4) is 0 Å². The van der Waals surface area contributed by atoms with Crippen LogP contribution in [0.1, 0.15) is 21.6 Å². The standard InChI is InChI=1S/C15H14Cl2N2O/c1-10-7-14(17)13(9-19-10)15(20)18-6-5-11-3-2-4-12(16)8-11/h2-4,7-9H,5-6H2,1H3,(H,18,20). The quantitative estimate of drug-likeness (QED) is 0.936. The van der Waals surface area contributed by atoms with Gasteiger partial charge in [-0.1, -0.05) is 35.3 Å². The fourth-order valence-corrected chi connectivity index (χ4v) is 2.31. The van der Waals surface area contributed by atoms with Crippen molar-refractivity contribution in [3.05, 3.63) is 63.4 Å². The highest BCUT2D eigenvalue weighted by atomic mass is 35.5. The van der Waals surface area contributed by atoms with E-state index in [1.807, 2.05) is 31.2 Å². The van der Waals surface area contributed by atoms with Gasteiger partial charge in [0.25, 0.3) is 5.91 Å². The molecule has 1 heterocycles. The summed E-state index contributed by atoms with van der Waals surface area (Å²) in [6.07, 6.45) is 2.20. The fraction of sp³-hybridized carbons (Fsp3) is 0.200. The van der Waals surface area contributed by atoms with Gasteiger partial charge in [-0.25, -0.2) is 0 Å². The van der Waals surface area contributed by atoms with Crippen molar-refractivity contribution in [1.29, 1.82) is 0 Å². The lowest BCUT2D eigenvalue weighted by Gasteiger charge is -2.07. The van der Waals surface area contributed by atoms with Gasteiger partial charge in [-0.15, -0.1) is 0 Å². The second-order valence-electron chi connectivity index (χ2n) is 4.44. The summed E-state index contributed by atoms with van der Waals surface area (Å²) in [4.78, 5) is 16.0. The Labute approximate surface area is 127 Å². The number of benzene rings is 1. The molecule has 104 valence electrons. The molecule has 0 aliphatic heterocycles. The van der Waals surface area contributed by atoms with Crippen molar-refractivity contribution in [2.75, 3.05) is 6.54 Å². The van der Waals surface area contributed by atoms with E-state index in [2.05, 4.69) is 10.3 Å². The van der Waals surface area contributed by atoms with Gasteiger partial charge in [-0.05, 0) is 37.1 Å². The number of aromatic nitrogens is 1. The highest BCUT2D eigenvalue weighted by Crippen LogP contribution is 2.15. The molecule has 2 rings (SSSR count). The van der Waals surface area contributed by atoms with Gasteiger partial charge in [0, 0.05) is 23.5 Å². The predicted molar refractivity (Wildman–Crippen MR) is 81.5 cm³/mol. The molecule has 2 aromatic rings. The van der Waals surface area contributed by atoms with Gasteiger partial charge in [0.2, 0.25) is 0 Å². The van der Waals surface area contributed by atoms with Gasteiger partial charge in [0.05, 0.1) is 10.6 Å².